The summed E-state index contributed by atoms with van der Waals surface area (Å²) in [6, 6.07) is -0.135. The summed E-state index contributed by atoms with van der Waals surface area (Å²) in [5.74, 6) is -0.0154. The van der Waals surface area contributed by atoms with E-state index in [9.17, 15) is 14.7 Å². The van der Waals surface area contributed by atoms with E-state index in [0.717, 1.165) is 38.6 Å². The molecule has 0 bridgehead atoms. The van der Waals surface area contributed by atoms with Crippen LogP contribution in [-0.4, -0.2) is 47.1 Å². The van der Waals surface area contributed by atoms with Gasteiger partial charge in [0.2, 0.25) is 5.91 Å². The molecule has 0 aromatic rings. The Labute approximate surface area is 119 Å². The lowest BCUT2D eigenvalue weighted by Gasteiger charge is -2.24. The van der Waals surface area contributed by atoms with Crippen molar-refractivity contribution < 1.29 is 14.7 Å². The number of nitrogens with zero attached hydrogens (tertiary/aromatic N) is 1. The number of amides is 1. The predicted octanol–water partition coefficient (Wildman–Crippen LogP) is 1.23. The van der Waals surface area contributed by atoms with E-state index in [1.165, 1.54) is 12.8 Å². The first-order valence-electron chi connectivity index (χ1n) is 7.91. The molecule has 0 aromatic carbocycles. The first kappa shape index (κ1) is 13.9. The fraction of sp³-hybridized carbons (Fsp3) is 0.867. The second kappa shape index (κ2) is 5.72. The van der Waals surface area contributed by atoms with Gasteiger partial charge in [-0.3, -0.25) is 14.5 Å². The highest BCUT2D eigenvalue weighted by Gasteiger charge is 2.48. The minimum Gasteiger partial charge on any atom is -0.480 e. The average molecular weight is 280 g/mol. The molecule has 2 aliphatic carbocycles. The van der Waals surface area contributed by atoms with Crippen molar-refractivity contribution in [2.24, 2.45) is 11.8 Å². The molecule has 20 heavy (non-hydrogen) atoms. The maximum absolute atomic E-state index is 12.1. The number of carbonyl (C=O) groups excluding carboxylic acids is 1. The lowest BCUT2D eigenvalue weighted by molar-refractivity contribution is -0.144. The van der Waals surface area contributed by atoms with Crippen molar-refractivity contribution in [2.75, 3.05) is 13.1 Å². The van der Waals surface area contributed by atoms with Gasteiger partial charge < -0.3 is 10.4 Å². The van der Waals surface area contributed by atoms with Crippen molar-refractivity contribution >= 4 is 11.9 Å². The number of rotatable bonds is 4. The number of nitrogens with one attached hydrogen (secondary N) is 1. The molecule has 3 fully saturated rings. The minimum absolute atomic E-state index is 0.00289. The van der Waals surface area contributed by atoms with E-state index in [2.05, 4.69) is 5.32 Å². The zero-order valence-corrected chi connectivity index (χ0v) is 11.9. The van der Waals surface area contributed by atoms with Crippen LogP contribution in [0.15, 0.2) is 0 Å². The summed E-state index contributed by atoms with van der Waals surface area (Å²) in [7, 11) is 0. The Morgan fingerprint density at radius 1 is 1.10 bits per heavy atom. The average Bonchev–Trinajstić information content (AvgIpc) is 3.04. The highest BCUT2D eigenvalue weighted by molar-refractivity contribution is 5.80. The first-order chi connectivity index (χ1) is 9.65. The van der Waals surface area contributed by atoms with Crippen molar-refractivity contribution in [3.63, 3.8) is 0 Å². The Kier molecular flexibility index (Phi) is 3.96. The van der Waals surface area contributed by atoms with Gasteiger partial charge in [0.25, 0.3) is 0 Å². The van der Waals surface area contributed by atoms with Gasteiger partial charge in [-0.25, -0.2) is 0 Å². The minimum atomic E-state index is -0.756. The fourth-order valence-electron chi connectivity index (χ4n) is 4.42. The monoisotopic (exact) mass is 280 g/mol. The second-order valence-corrected chi connectivity index (χ2v) is 6.62. The lowest BCUT2D eigenvalue weighted by atomic mass is 9.94. The topological polar surface area (TPSA) is 69.6 Å². The molecule has 0 aromatic heterocycles. The van der Waals surface area contributed by atoms with Crippen LogP contribution in [0.25, 0.3) is 0 Å². The standard InChI is InChI=1S/C15H24N2O3/c18-13(16-11-5-1-2-6-11)9-17-8-10-4-3-7-12(10)14(17)15(19)20/h10-12,14H,1-9H2,(H,16,18)(H,19,20). The molecule has 1 amide bonds. The van der Waals surface area contributed by atoms with Gasteiger partial charge in [-0.1, -0.05) is 19.3 Å². The van der Waals surface area contributed by atoms with Crippen molar-refractivity contribution in [1.29, 1.82) is 0 Å². The van der Waals surface area contributed by atoms with Gasteiger partial charge in [0.15, 0.2) is 0 Å². The van der Waals surface area contributed by atoms with Crippen LogP contribution in [0.4, 0.5) is 0 Å². The van der Waals surface area contributed by atoms with Crippen LogP contribution in [0.5, 0.6) is 0 Å². The molecule has 0 spiro atoms. The summed E-state index contributed by atoms with van der Waals surface area (Å²) >= 11 is 0. The molecule has 2 N–H and O–H groups in total. The number of likely N-dealkylation sites (tertiary alicyclic amines) is 1. The number of aliphatic carboxylic acids is 1. The SMILES string of the molecule is O=C(CN1CC2CCCC2C1C(=O)O)NC1CCCC1. The summed E-state index contributed by atoms with van der Waals surface area (Å²) < 4.78 is 0. The Morgan fingerprint density at radius 3 is 2.55 bits per heavy atom. The van der Waals surface area contributed by atoms with Gasteiger partial charge >= 0.3 is 5.97 Å². The van der Waals surface area contributed by atoms with Gasteiger partial charge in [-0.15, -0.1) is 0 Å². The molecule has 112 valence electrons. The molecule has 3 aliphatic rings. The number of carbonyl (C=O) groups is 2. The third-order valence-electron chi connectivity index (χ3n) is 5.31. The number of fused-ring (bicyclic) bond motifs is 1. The normalized spacial score (nSPS) is 34.3. The highest BCUT2D eigenvalue weighted by Crippen LogP contribution is 2.42. The van der Waals surface area contributed by atoms with Gasteiger partial charge in [0.05, 0.1) is 6.54 Å². The fourth-order valence-corrected chi connectivity index (χ4v) is 4.42. The van der Waals surface area contributed by atoms with Gasteiger partial charge in [0.1, 0.15) is 6.04 Å². The molecular formula is C15H24N2O3. The quantitative estimate of drug-likeness (QED) is 0.812. The number of hydrogen-bond donors (Lipinski definition) is 2. The molecule has 3 atom stereocenters. The number of carboxylic acids is 1. The summed E-state index contributed by atoms with van der Waals surface area (Å²) in [4.78, 5) is 25.5. The molecular weight excluding hydrogens is 256 g/mol. The Morgan fingerprint density at radius 2 is 1.85 bits per heavy atom. The largest absolute Gasteiger partial charge is 0.480 e. The first-order valence-corrected chi connectivity index (χ1v) is 7.91. The van der Waals surface area contributed by atoms with Crippen LogP contribution in [-0.2, 0) is 9.59 Å². The van der Waals surface area contributed by atoms with Crippen molar-refractivity contribution in [1.82, 2.24) is 10.2 Å². The zero-order chi connectivity index (χ0) is 14.1. The summed E-state index contributed by atoms with van der Waals surface area (Å²) in [5, 5.41) is 12.5. The van der Waals surface area contributed by atoms with Crippen molar-refractivity contribution in [3.8, 4) is 0 Å². The summed E-state index contributed by atoms with van der Waals surface area (Å²) in [6.45, 7) is 1.03. The Hall–Kier alpha value is -1.10. The molecule has 2 saturated carbocycles. The third kappa shape index (κ3) is 2.68. The molecule has 5 heteroatoms. The van der Waals surface area contributed by atoms with E-state index in [0.29, 0.717) is 12.0 Å². The smallest absolute Gasteiger partial charge is 0.321 e. The predicted molar refractivity (Wildman–Crippen MR) is 74.2 cm³/mol. The van der Waals surface area contributed by atoms with E-state index in [1.807, 2.05) is 4.90 Å². The molecule has 3 rings (SSSR count). The van der Waals surface area contributed by atoms with Crippen LogP contribution >= 0.6 is 0 Å². The van der Waals surface area contributed by atoms with E-state index >= 15 is 0 Å². The van der Waals surface area contributed by atoms with Gasteiger partial charge in [0, 0.05) is 12.6 Å². The second-order valence-electron chi connectivity index (χ2n) is 6.62. The van der Waals surface area contributed by atoms with E-state index in [-0.39, 0.29) is 18.4 Å². The summed E-state index contributed by atoms with van der Waals surface area (Å²) in [6.07, 6.45) is 7.78. The van der Waals surface area contributed by atoms with Crippen LogP contribution in [0.2, 0.25) is 0 Å². The summed E-state index contributed by atoms with van der Waals surface area (Å²) in [5.41, 5.74) is 0. The Bertz CT molecular complexity index is 393. The molecule has 3 unspecified atom stereocenters. The molecule has 0 radical (unpaired) electrons. The number of carboxylic acid groups (broad SMARTS) is 1. The maximum atomic E-state index is 12.1. The highest BCUT2D eigenvalue weighted by atomic mass is 16.4. The molecule has 1 heterocycles. The van der Waals surface area contributed by atoms with Crippen LogP contribution in [0.1, 0.15) is 44.9 Å². The van der Waals surface area contributed by atoms with Crippen LogP contribution < -0.4 is 5.32 Å². The van der Waals surface area contributed by atoms with Crippen molar-refractivity contribution in [2.45, 2.75) is 57.0 Å². The molecule has 1 aliphatic heterocycles. The molecule has 5 nitrogen and oxygen atoms in total. The van der Waals surface area contributed by atoms with Crippen molar-refractivity contribution in [3.05, 3.63) is 0 Å². The zero-order valence-electron chi connectivity index (χ0n) is 11.9. The van der Waals surface area contributed by atoms with Gasteiger partial charge in [-0.2, -0.15) is 0 Å². The lowest BCUT2D eigenvalue weighted by Crippen LogP contribution is -2.46. The van der Waals surface area contributed by atoms with E-state index < -0.39 is 12.0 Å². The van der Waals surface area contributed by atoms with E-state index in [1.54, 1.807) is 0 Å². The van der Waals surface area contributed by atoms with E-state index in [4.69, 9.17) is 0 Å². The van der Waals surface area contributed by atoms with Crippen LogP contribution in [0.3, 0.4) is 0 Å². The third-order valence-corrected chi connectivity index (χ3v) is 5.31. The molecule has 1 saturated heterocycles. The Balaban J connectivity index is 1.58. The number of hydrogen-bond acceptors (Lipinski definition) is 3. The van der Waals surface area contributed by atoms with Gasteiger partial charge in [-0.05, 0) is 37.5 Å². The maximum Gasteiger partial charge on any atom is 0.321 e. The van der Waals surface area contributed by atoms with Crippen LogP contribution in [0, 0.1) is 11.8 Å².